The molecule has 106 valence electrons. The lowest BCUT2D eigenvalue weighted by molar-refractivity contribution is 0.284. The van der Waals surface area contributed by atoms with E-state index in [1.165, 1.54) is 15.3 Å². The van der Waals surface area contributed by atoms with Gasteiger partial charge in [-0.05, 0) is 55.9 Å². The lowest BCUT2D eigenvalue weighted by Crippen LogP contribution is -2.39. The van der Waals surface area contributed by atoms with Crippen molar-refractivity contribution in [2.45, 2.75) is 45.2 Å². The molecule has 0 saturated heterocycles. The Hall–Kier alpha value is -1.19. The van der Waals surface area contributed by atoms with Crippen molar-refractivity contribution < 1.29 is 4.39 Å². The van der Waals surface area contributed by atoms with Gasteiger partial charge in [-0.1, -0.05) is 18.2 Å². The molecule has 0 spiro atoms. The van der Waals surface area contributed by atoms with Gasteiger partial charge in [0.1, 0.15) is 5.82 Å². The summed E-state index contributed by atoms with van der Waals surface area (Å²) in [5, 5.41) is 3.58. The van der Waals surface area contributed by atoms with Gasteiger partial charge in [0.05, 0.1) is 0 Å². The Kier molecular flexibility index (Phi) is 3.90. The zero-order chi connectivity index (χ0) is 14.1. The summed E-state index contributed by atoms with van der Waals surface area (Å²) in [5.74, 6) is 0.334. The first kappa shape index (κ1) is 13.8. The van der Waals surface area contributed by atoms with E-state index in [2.05, 4.69) is 25.2 Å². The Morgan fingerprint density at radius 2 is 2.00 bits per heavy atom. The zero-order valence-electron chi connectivity index (χ0n) is 11.9. The monoisotopic (exact) mass is 289 g/mol. The first-order valence-corrected chi connectivity index (χ1v) is 7.99. The van der Waals surface area contributed by atoms with Crippen molar-refractivity contribution in [2.24, 2.45) is 0 Å². The summed E-state index contributed by atoms with van der Waals surface area (Å²) >= 11 is 1.87. The number of halogens is 1. The van der Waals surface area contributed by atoms with E-state index in [-0.39, 0.29) is 5.82 Å². The van der Waals surface area contributed by atoms with Crippen LogP contribution in [0.4, 0.5) is 4.39 Å². The maximum atomic E-state index is 13.7. The van der Waals surface area contributed by atoms with E-state index in [0.717, 1.165) is 24.9 Å². The third-order valence-corrected chi connectivity index (χ3v) is 5.42. The fourth-order valence-corrected chi connectivity index (χ4v) is 3.83. The number of benzene rings is 1. The highest BCUT2D eigenvalue weighted by Gasteiger charge is 2.31. The summed E-state index contributed by atoms with van der Waals surface area (Å²) in [7, 11) is 0. The van der Waals surface area contributed by atoms with Gasteiger partial charge in [-0.3, -0.25) is 0 Å². The van der Waals surface area contributed by atoms with E-state index in [0.29, 0.717) is 12.0 Å². The predicted molar refractivity (Wildman–Crippen MR) is 82.8 cm³/mol. The van der Waals surface area contributed by atoms with Crippen LogP contribution in [-0.2, 0) is 6.54 Å². The number of hydrogen-bond acceptors (Lipinski definition) is 2. The molecule has 1 aliphatic carbocycles. The van der Waals surface area contributed by atoms with E-state index in [9.17, 15) is 4.39 Å². The van der Waals surface area contributed by atoms with E-state index in [1.54, 1.807) is 12.1 Å². The number of hydrogen-bond donors (Lipinski definition) is 1. The lowest BCUT2D eigenvalue weighted by Gasteiger charge is -2.36. The number of aryl methyl sites for hydroxylation is 2. The van der Waals surface area contributed by atoms with Gasteiger partial charge in [0.15, 0.2) is 0 Å². The van der Waals surface area contributed by atoms with Crippen LogP contribution in [-0.4, -0.2) is 6.04 Å². The van der Waals surface area contributed by atoms with Gasteiger partial charge >= 0.3 is 0 Å². The average Bonchev–Trinajstić information content (AvgIpc) is 2.69. The first-order chi connectivity index (χ1) is 9.63. The van der Waals surface area contributed by atoms with Gasteiger partial charge in [-0.15, -0.1) is 11.3 Å². The van der Waals surface area contributed by atoms with Gasteiger partial charge in [-0.25, -0.2) is 4.39 Å². The van der Waals surface area contributed by atoms with Crippen LogP contribution in [0.15, 0.2) is 30.3 Å². The van der Waals surface area contributed by atoms with Crippen LogP contribution in [0.2, 0.25) is 0 Å². The standard InChI is InChI=1S/C17H20FNS/c1-11-7-15(20-12(11)2)10-19-14-8-13(9-14)16-5-3-4-6-17(16)18/h3-7,13-14,19H,8-10H2,1-2H3. The van der Waals surface area contributed by atoms with Gasteiger partial charge in [0, 0.05) is 22.3 Å². The number of thiophene rings is 1. The van der Waals surface area contributed by atoms with Crippen LogP contribution in [0.3, 0.4) is 0 Å². The van der Waals surface area contributed by atoms with Crippen molar-refractivity contribution in [3.05, 3.63) is 57.0 Å². The maximum Gasteiger partial charge on any atom is 0.126 e. The molecule has 0 aliphatic heterocycles. The average molecular weight is 289 g/mol. The highest BCUT2D eigenvalue weighted by atomic mass is 32.1. The largest absolute Gasteiger partial charge is 0.309 e. The van der Waals surface area contributed by atoms with E-state index >= 15 is 0 Å². The molecule has 1 nitrogen and oxygen atoms in total. The molecule has 20 heavy (non-hydrogen) atoms. The Morgan fingerprint density at radius 1 is 1.25 bits per heavy atom. The molecule has 1 aromatic carbocycles. The summed E-state index contributed by atoms with van der Waals surface area (Å²) in [6, 6.07) is 9.96. The predicted octanol–water partition coefficient (Wildman–Crippen LogP) is 4.54. The van der Waals surface area contributed by atoms with Gasteiger partial charge in [-0.2, -0.15) is 0 Å². The molecule has 1 aliphatic rings. The maximum absolute atomic E-state index is 13.7. The van der Waals surface area contributed by atoms with E-state index in [1.807, 2.05) is 23.5 Å². The number of nitrogens with one attached hydrogen (secondary N) is 1. The summed E-state index contributed by atoms with van der Waals surface area (Å²) < 4.78 is 13.7. The Labute approximate surface area is 123 Å². The number of rotatable bonds is 4. The second kappa shape index (κ2) is 5.66. The van der Waals surface area contributed by atoms with Crippen molar-refractivity contribution in [2.75, 3.05) is 0 Å². The molecule has 3 rings (SSSR count). The molecule has 1 N–H and O–H groups in total. The first-order valence-electron chi connectivity index (χ1n) is 7.17. The molecular formula is C17H20FNS. The molecule has 0 radical (unpaired) electrons. The van der Waals surface area contributed by atoms with Crippen LogP contribution >= 0.6 is 11.3 Å². The fraction of sp³-hybridized carbons (Fsp3) is 0.412. The smallest absolute Gasteiger partial charge is 0.126 e. The second-order valence-corrected chi connectivity index (χ2v) is 7.06. The van der Waals surface area contributed by atoms with Crippen LogP contribution in [0, 0.1) is 19.7 Å². The molecule has 0 unspecified atom stereocenters. The highest BCUT2D eigenvalue weighted by molar-refractivity contribution is 7.12. The van der Waals surface area contributed by atoms with Crippen molar-refractivity contribution in [3.63, 3.8) is 0 Å². The van der Waals surface area contributed by atoms with Crippen LogP contribution in [0.25, 0.3) is 0 Å². The molecule has 3 heteroatoms. The quantitative estimate of drug-likeness (QED) is 0.871. The molecule has 0 atom stereocenters. The summed E-state index contributed by atoms with van der Waals surface area (Å²) in [6.07, 6.45) is 2.09. The molecular weight excluding hydrogens is 269 g/mol. The molecule has 2 aromatic rings. The topological polar surface area (TPSA) is 12.0 Å². The highest BCUT2D eigenvalue weighted by Crippen LogP contribution is 2.38. The Balaban J connectivity index is 1.50. The molecule has 1 saturated carbocycles. The summed E-state index contributed by atoms with van der Waals surface area (Å²) in [5.41, 5.74) is 2.26. The van der Waals surface area contributed by atoms with Crippen LogP contribution in [0.1, 0.15) is 39.6 Å². The molecule has 0 amide bonds. The van der Waals surface area contributed by atoms with Crippen molar-refractivity contribution in [1.82, 2.24) is 5.32 Å². The minimum atomic E-state index is -0.0551. The van der Waals surface area contributed by atoms with E-state index in [4.69, 9.17) is 0 Å². The van der Waals surface area contributed by atoms with Gasteiger partial charge in [0.2, 0.25) is 0 Å². The third-order valence-electron chi connectivity index (χ3n) is 4.27. The van der Waals surface area contributed by atoms with Crippen molar-refractivity contribution >= 4 is 11.3 Å². The SMILES string of the molecule is Cc1cc(CNC2CC(c3ccccc3F)C2)sc1C. The Bertz CT molecular complexity index is 579. The van der Waals surface area contributed by atoms with Gasteiger partial charge in [0.25, 0.3) is 0 Å². The molecule has 1 aromatic heterocycles. The lowest BCUT2D eigenvalue weighted by atomic mass is 9.75. The molecule has 0 bridgehead atoms. The van der Waals surface area contributed by atoms with E-state index < -0.39 is 0 Å². The van der Waals surface area contributed by atoms with Crippen LogP contribution in [0.5, 0.6) is 0 Å². The molecule has 1 heterocycles. The second-order valence-electron chi connectivity index (χ2n) is 5.72. The van der Waals surface area contributed by atoms with Crippen LogP contribution < -0.4 is 5.32 Å². The van der Waals surface area contributed by atoms with Gasteiger partial charge < -0.3 is 5.32 Å². The Morgan fingerprint density at radius 3 is 2.65 bits per heavy atom. The normalized spacial score (nSPS) is 21.8. The minimum Gasteiger partial charge on any atom is -0.309 e. The van der Waals surface area contributed by atoms with Crippen molar-refractivity contribution in [3.8, 4) is 0 Å². The fourth-order valence-electron chi connectivity index (χ4n) is 2.83. The molecule has 1 fully saturated rings. The third kappa shape index (κ3) is 2.79. The van der Waals surface area contributed by atoms with Crippen molar-refractivity contribution in [1.29, 1.82) is 0 Å². The zero-order valence-corrected chi connectivity index (χ0v) is 12.8. The summed E-state index contributed by atoms with van der Waals surface area (Å²) in [6.45, 7) is 5.27. The minimum absolute atomic E-state index is 0.0551. The summed E-state index contributed by atoms with van der Waals surface area (Å²) in [4.78, 5) is 2.80.